The van der Waals surface area contributed by atoms with Crippen molar-refractivity contribution in [3.05, 3.63) is 25.8 Å². The largest absolute Gasteiger partial charge is 0.377 e. The fourth-order valence-electron chi connectivity index (χ4n) is 1.41. The van der Waals surface area contributed by atoms with Gasteiger partial charge in [-0.05, 0) is 31.7 Å². The van der Waals surface area contributed by atoms with Gasteiger partial charge >= 0.3 is 0 Å². The van der Waals surface area contributed by atoms with E-state index in [-0.39, 0.29) is 0 Å². The van der Waals surface area contributed by atoms with Crippen LogP contribution in [-0.4, -0.2) is 10.2 Å². The van der Waals surface area contributed by atoms with Gasteiger partial charge in [0.2, 0.25) is 0 Å². The summed E-state index contributed by atoms with van der Waals surface area (Å²) in [5.41, 5.74) is 2.55. The van der Waals surface area contributed by atoms with E-state index >= 15 is 0 Å². The van der Waals surface area contributed by atoms with Gasteiger partial charge in [0, 0.05) is 4.88 Å². The first-order valence-electron chi connectivity index (χ1n) is 4.74. The lowest BCUT2D eigenvalue weighted by Crippen LogP contribution is -2.00. The molecular formula is C10H13N3S2. The molecule has 2 rings (SSSR count). The first-order valence-corrected chi connectivity index (χ1v) is 6.44. The van der Waals surface area contributed by atoms with Crippen LogP contribution in [0.25, 0.3) is 0 Å². The predicted octanol–water partition coefficient (Wildman–Crippen LogP) is 3.14. The lowest BCUT2D eigenvalue weighted by Gasteiger charge is -2.04. The van der Waals surface area contributed by atoms with Gasteiger partial charge in [0.05, 0.1) is 12.2 Å². The van der Waals surface area contributed by atoms with E-state index in [0.29, 0.717) is 0 Å². The molecule has 3 nitrogen and oxygen atoms in total. The van der Waals surface area contributed by atoms with E-state index in [1.807, 2.05) is 6.92 Å². The van der Waals surface area contributed by atoms with Crippen molar-refractivity contribution in [1.82, 2.24) is 10.2 Å². The molecule has 2 aromatic heterocycles. The Morgan fingerprint density at radius 1 is 1.27 bits per heavy atom. The number of nitrogens with one attached hydrogen (secondary N) is 1. The Hall–Kier alpha value is -0.940. The molecule has 0 saturated carbocycles. The molecule has 15 heavy (non-hydrogen) atoms. The average molecular weight is 239 g/mol. The second-order valence-electron chi connectivity index (χ2n) is 3.42. The Kier molecular flexibility index (Phi) is 3.02. The van der Waals surface area contributed by atoms with Gasteiger partial charge in [0.15, 0.2) is 0 Å². The van der Waals surface area contributed by atoms with E-state index in [0.717, 1.165) is 16.6 Å². The SMILES string of the molecule is Cc1nnc(CNc2c(C)csc2C)s1. The molecule has 0 aliphatic heterocycles. The zero-order valence-corrected chi connectivity index (χ0v) is 10.6. The Morgan fingerprint density at radius 3 is 2.60 bits per heavy atom. The highest BCUT2D eigenvalue weighted by Gasteiger charge is 2.05. The molecule has 80 valence electrons. The smallest absolute Gasteiger partial charge is 0.136 e. The molecule has 5 heteroatoms. The van der Waals surface area contributed by atoms with E-state index in [4.69, 9.17) is 0 Å². The summed E-state index contributed by atoms with van der Waals surface area (Å²) in [6.45, 7) is 6.99. The minimum atomic E-state index is 0.768. The first kappa shape index (κ1) is 10.6. The van der Waals surface area contributed by atoms with Crippen LogP contribution in [0.15, 0.2) is 5.38 Å². The quantitative estimate of drug-likeness (QED) is 0.894. The minimum Gasteiger partial charge on any atom is -0.377 e. The predicted molar refractivity (Wildman–Crippen MR) is 65.8 cm³/mol. The number of rotatable bonds is 3. The van der Waals surface area contributed by atoms with Crippen molar-refractivity contribution < 1.29 is 0 Å². The molecule has 0 bridgehead atoms. The maximum Gasteiger partial charge on any atom is 0.136 e. The van der Waals surface area contributed by atoms with E-state index in [2.05, 4.69) is 34.7 Å². The summed E-state index contributed by atoms with van der Waals surface area (Å²) in [5.74, 6) is 0. The summed E-state index contributed by atoms with van der Waals surface area (Å²) in [6.07, 6.45) is 0. The van der Waals surface area contributed by atoms with Crippen LogP contribution in [0.4, 0.5) is 5.69 Å². The van der Waals surface area contributed by atoms with Gasteiger partial charge in [-0.15, -0.1) is 21.5 Å². The van der Waals surface area contributed by atoms with Gasteiger partial charge in [0.25, 0.3) is 0 Å². The summed E-state index contributed by atoms with van der Waals surface area (Å²) in [5, 5.41) is 15.7. The fraction of sp³-hybridized carbons (Fsp3) is 0.400. The number of aromatic nitrogens is 2. The molecule has 0 aliphatic rings. The first-order chi connectivity index (χ1) is 7.16. The Morgan fingerprint density at radius 2 is 2.07 bits per heavy atom. The third kappa shape index (κ3) is 2.35. The highest BCUT2D eigenvalue weighted by Crippen LogP contribution is 2.26. The number of hydrogen-bond donors (Lipinski definition) is 1. The van der Waals surface area contributed by atoms with Crippen LogP contribution in [0.5, 0.6) is 0 Å². The Labute approximate surface area is 97.2 Å². The van der Waals surface area contributed by atoms with E-state index < -0.39 is 0 Å². The zero-order valence-electron chi connectivity index (χ0n) is 9.00. The van der Waals surface area contributed by atoms with Crippen LogP contribution >= 0.6 is 22.7 Å². The molecule has 0 atom stereocenters. The maximum atomic E-state index is 4.08. The summed E-state index contributed by atoms with van der Waals surface area (Å²) < 4.78 is 0. The molecule has 2 aromatic rings. The molecule has 2 heterocycles. The fourth-order valence-corrected chi connectivity index (χ4v) is 2.88. The molecule has 0 unspecified atom stereocenters. The van der Waals surface area contributed by atoms with E-state index in [1.165, 1.54) is 16.1 Å². The average Bonchev–Trinajstić information content (AvgIpc) is 2.73. The normalized spacial score (nSPS) is 10.6. The van der Waals surface area contributed by atoms with Crippen LogP contribution in [0.3, 0.4) is 0 Å². The molecule has 0 spiro atoms. The van der Waals surface area contributed by atoms with Crippen molar-refractivity contribution in [2.75, 3.05) is 5.32 Å². The lowest BCUT2D eigenvalue weighted by atomic mass is 10.3. The number of hydrogen-bond acceptors (Lipinski definition) is 5. The van der Waals surface area contributed by atoms with Crippen molar-refractivity contribution in [2.45, 2.75) is 27.3 Å². The molecule has 0 fully saturated rings. The second-order valence-corrected chi connectivity index (χ2v) is 5.77. The number of nitrogens with zero attached hydrogens (tertiary/aromatic N) is 2. The van der Waals surface area contributed by atoms with Crippen LogP contribution in [0, 0.1) is 20.8 Å². The van der Waals surface area contributed by atoms with Crippen molar-refractivity contribution in [3.8, 4) is 0 Å². The van der Waals surface area contributed by atoms with Gasteiger partial charge in [-0.2, -0.15) is 0 Å². The number of anilines is 1. The molecule has 1 N–H and O–H groups in total. The van der Waals surface area contributed by atoms with Crippen LogP contribution < -0.4 is 5.32 Å². The standard InChI is InChI=1S/C10H13N3S2/c1-6-5-14-7(2)10(6)11-4-9-13-12-8(3)15-9/h5,11H,4H2,1-3H3. The summed E-state index contributed by atoms with van der Waals surface area (Å²) in [6, 6.07) is 0. The molecule has 0 aromatic carbocycles. The van der Waals surface area contributed by atoms with Gasteiger partial charge < -0.3 is 5.32 Å². The summed E-state index contributed by atoms with van der Waals surface area (Å²) >= 11 is 3.42. The molecule has 0 amide bonds. The van der Waals surface area contributed by atoms with E-state index in [9.17, 15) is 0 Å². The van der Waals surface area contributed by atoms with Crippen molar-refractivity contribution >= 4 is 28.4 Å². The lowest BCUT2D eigenvalue weighted by molar-refractivity contribution is 0.970. The van der Waals surface area contributed by atoms with Gasteiger partial charge in [0.1, 0.15) is 10.0 Å². The highest BCUT2D eigenvalue weighted by molar-refractivity contribution is 7.11. The molecule has 0 radical (unpaired) electrons. The van der Waals surface area contributed by atoms with Crippen LogP contribution in [-0.2, 0) is 6.54 Å². The number of thiophene rings is 1. The van der Waals surface area contributed by atoms with Crippen LogP contribution in [0.1, 0.15) is 20.5 Å². The third-order valence-corrected chi connectivity index (χ3v) is 4.01. The molecular weight excluding hydrogens is 226 g/mol. The summed E-state index contributed by atoms with van der Waals surface area (Å²) in [4.78, 5) is 1.33. The number of aryl methyl sites for hydroxylation is 3. The van der Waals surface area contributed by atoms with Gasteiger partial charge in [-0.1, -0.05) is 11.3 Å². The van der Waals surface area contributed by atoms with Gasteiger partial charge in [-0.3, -0.25) is 0 Å². The zero-order chi connectivity index (χ0) is 10.8. The maximum absolute atomic E-state index is 4.08. The summed E-state index contributed by atoms with van der Waals surface area (Å²) in [7, 11) is 0. The van der Waals surface area contributed by atoms with Gasteiger partial charge in [-0.25, -0.2) is 0 Å². The monoisotopic (exact) mass is 239 g/mol. The van der Waals surface area contributed by atoms with E-state index in [1.54, 1.807) is 22.7 Å². The second kappa shape index (κ2) is 4.28. The minimum absolute atomic E-state index is 0.768. The Balaban J connectivity index is 2.05. The third-order valence-electron chi connectivity index (χ3n) is 2.14. The highest BCUT2D eigenvalue weighted by atomic mass is 32.1. The Bertz CT molecular complexity index is 439. The topological polar surface area (TPSA) is 37.8 Å². The molecule has 0 saturated heterocycles. The molecule has 0 aliphatic carbocycles. The van der Waals surface area contributed by atoms with Crippen molar-refractivity contribution in [1.29, 1.82) is 0 Å². The van der Waals surface area contributed by atoms with Crippen molar-refractivity contribution in [2.24, 2.45) is 0 Å². The van der Waals surface area contributed by atoms with Crippen LogP contribution in [0.2, 0.25) is 0 Å². The van der Waals surface area contributed by atoms with Crippen molar-refractivity contribution in [3.63, 3.8) is 0 Å².